The summed E-state index contributed by atoms with van der Waals surface area (Å²) in [5, 5.41) is 12.9. The Morgan fingerprint density at radius 2 is 1.94 bits per heavy atom. The molecule has 1 heterocycles. The first-order valence-corrected chi connectivity index (χ1v) is 12.4. The number of carboxylic acid groups (broad SMARTS) is 1. The number of nitrogens with one attached hydrogen (secondary N) is 1. The van der Waals surface area contributed by atoms with Gasteiger partial charge in [0.25, 0.3) is 5.91 Å². The number of halogens is 2. The lowest BCUT2D eigenvalue weighted by Gasteiger charge is -2.09. The number of nitrogens with zero attached hydrogens (tertiary/aromatic N) is 1. The lowest BCUT2D eigenvalue weighted by molar-refractivity contribution is -0.115. The van der Waals surface area contributed by atoms with E-state index in [2.05, 4.69) is 32.9 Å². The Morgan fingerprint density at radius 1 is 1.18 bits per heavy atom. The zero-order valence-corrected chi connectivity index (χ0v) is 21.6. The van der Waals surface area contributed by atoms with Crippen LogP contribution in [0.4, 0.5) is 5.69 Å². The Bertz CT molecular complexity index is 1340. The van der Waals surface area contributed by atoms with Gasteiger partial charge in [-0.2, -0.15) is 0 Å². The van der Waals surface area contributed by atoms with E-state index in [0.717, 1.165) is 20.3 Å². The van der Waals surface area contributed by atoms with Crippen LogP contribution in [0.3, 0.4) is 0 Å². The third-order valence-electron chi connectivity index (χ3n) is 4.89. The van der Waals surface area contributed by atoms with Gasteiger partial charge in [-0.15, -0.1) is 0 Å². The van der Waals surface area contributed by atoms with Crippen molar-refractivity contribution in [1.29, 1.82) is 0 Å². The SMILES string of the molecule is Cc1ccc(Cl)cc1N=C1NC(=O)/C(=C/c2ccc(OCc3ccc(C(=O)O)cc3)c(I)c2)S1. The quantitative estimate of drug-likeness (QED) is 0.250. The smallest absolute Gasteiger partial charge is 0.335 e. The highest BCUT2D eigenvalue weighted by molar-refractivity contribution is 14.1. The fourth-order valence-corrected chi connectivity index (χ4v) is 4.77. The van der Waals surface area contributed by atoms with Gasteiger partial charge < -0.3 is 15.2 Å². The van der Waals surface area contributed by atoms with Crippen molar-refractivity contribution < 1.29 is 19.4 Å². The van der Waals surface area contributed by atoms with E-state index >= 15 is 0 Å². The Hall–Kier alpha value is -2.82. The summed E-state index contributed by atoms with van der Waals surface area (Å²) < 4.78 is 6.77. The number of amides is 1. The summed E-state index contributed by atoms with van der Waals surface area (Å²) >= 11 is 9.52. The molecule has 6 nitrogen and oxygen atoms in total. The van der Waals surface area contributed by atoms with Crippen molar-refractivity contribution in [2.75, 3.05) is 0 Å². The van der Waals surface area contributed by atoms with Crippen LogP contribution in [0.15, 0.2) is 70.6 Å². The highest BCUT2D eigenvalue weighted by Gasteiger charge is 2.24. The van der Waals surface area contributed by atoms with E-state index in [9.17, 15) is 9.59 Å². The molecule has 0 unspecified atom stereocenters. The molecule has 3 aromatic rings. The Labute approximate surface area is 219 Å². The maximum absolute atomic E-state index is 12.4. The molecule has 9 heteroatoms. The van der Waals surface area contributed by atoms with Crippen LogP contribution in [0.5, 0.6) is 5.75 Å². The van der Waals surface area contributed by atoms with E-state index in [1.54, 1.807) is 36.4 Å². The third-order valence-corrected chi connectivity index (χ3v) is 6.88. The number of carboxylic acids is 1. The van der Waals surface area contributed by atoms with Crippen LogP contribution in [0.1, 0.15) is 27.0 Å². The van der Waals surface area contributed by atoms with Crippen molar-refractivity contribution in [2.45, 2.75) is 13.5 Å². The van der Waals surface area contributed by atoms with Gasteiger partial charge in [0.15, 0.2) is 5.17 Å². The molecule has 0 aliphatic carbocycles. The van der Waals surface area contributed by atoms with Gasteiger partial charge in [0, 0.05) is 5.02 Å². The number of carbonyl (C=O) groups excluding carboxylic acids is 1. The van der Waals surface area contributed by atoms with Crippen molar-refractivity contribution in [3.8, 4) is 5.75 Å². The normalized spacial score (nSPS) is 15.6. The summed E-state index contributed by atoms with van der Waals surface area (Å²) in [6.07, 6.45) is 1.81. The average molecular weight is 605 g/mol. The molecule has 172 valence electrons. The van der Waals surface area contributed by atoms with Gasteiger partial charge >= 0.3 is 5.97 Å². The molecule has 1 aliphatic heterocycles. The summed E-state index contributed by atoms with van der Waals surface area (Å²) in [4.78, 5) is 28.5. The monoisotopic (exact) mass is 604 g/mol. The number of carbonyl (C=O) groups is 2. The predicted molar refractivity (Wildman–Crippen MR) is 144 cm³/mol. The Balaban J connectivity index is 1.44. The second-order valence-electron chi connectivity index (χ2n) is 7.39. The summed E-state index contributed by atoms with van der Waals surface area (Å²) in [6, 6.07) is 17.7. The molecule has 1 saturated heterocycles. The first-order chi connectivity index (χ1) is 16.3. The molecule has 1 fully saturated rings. The van der Waals surface area contributed by atoms with Crippen LogP contribution in [0.2, 0.25) is 5.02 Å². The number of hydrogen-bond acceptors (Lipinski definition) is 5. The Kier molecular flexibility index (Phi) is 7.60. The third kappa shape index (κ3) is 5.99. The maximum atomic E-state index is 12.4. The van der Waals surface area contributed by atoms with Crippen molar-refractivity contribution in [3.63, 3.8) is 0 Å². The Morgan fingerprint density at radius 3 is 2.65 bits per heavy atom. The largest absolute Gasteiger partial charge is 0.488 e. The van der Waals surface area contributed by atoms with Crippen LogP contribution in [0, 0.1) is 10.5 Å². The maximum Gasteiger partial charge on any atom is 0.335 e. The van der Waals surface area contributed by atoms with E-state index < -0.39 is 5.97 Å². The summed E-state index contributed by atoms with van der Waals surface area (Å²) in [6.45, 7) is 2.25. The summed E-state index contributed by atoms with van der Waals surface area (Å²) in [5.41, 5.74) is 3.64. The van der Waals surface area contributed by atoms with Crippen LogP contribution in [0.25, 0.3) is 6.08 Å². The van der Waals surface area contributed by atoms with Crippen molar-refractivity contribution >= 4 is 74.8 Å². The van der Waals surface area contributed by atoms with Gasteiger partial charge in [-0.3, -0.25) is 4.79 Å². The molecule has 0 spiro atoms. The van der Waals surface area contributed by atoms with E-state index in [4.69, 9.17) is 21.4 Å². The highest BCUT2D eigenvalue weighted by atomic mass is 127. The van der Waals surface area contributed by atoms with E-state index in [-0.39, 0.29) is 11.5 Å². The topological polar surface area (TPSA) is 88.0 Å². The standard InChI is InChI=1S/C25H18ClIN2O4S/c1-14-2-8-18(26)12-20(14)28-25-29-23(30)22(34-25)11-16-5-9-21(19(27)10-16)33-13-15-3-6-17(7-4-15)24(31)32/h2-12H,13H2,1H3,(H,31,32)(H,28,29,30)/b22-11-. The minimum atomic E-state index is -0.959. The summed E-state index contributed by atoms with van der Waals surface area (Å²) in [5.74, 6) is -0.463. The van der Waals surface area contributed by atoms with Gasteiger partial charge in [-0.05, 0) is 100 Å². The van der Waals surface area contributed by atoms with Crippen molar-refractivity contribution in [1.82, 2.24) is 5.32 Å². The second-order valence-corrected chi connectivity index (χ2v) is 10.0. The van der Waals surface area contributed by atoms with Gasteiger partial charge in [-0.1, -0.05) is 35.9 Å². The number of ether oxygens (including phenoxy) is 1. The van der Waals surface area contributed by atoms with Crippen LogP contribution >= 0.6 is 46.0 Å². The fourth-order valence-electron chi connectivity index (χ4n) is 3.07. The molecule has 1 amide bonds. The summed E-state index contributed by atoms with van der Waals surface area (Å²) in [7, 11) is 0. The predicted octanol–water partition coefficient (Wildman–Crippen LogP) is 6.42. The number of benzene rings is 3. The molecule has 2 N–H and O–H groups in total. The van der Waals surface area contributed by atoms with Gasteiger partial charge in [0.1, 0.15) is 12.4 Å². The number of aromatic carboxylic acids is 1. The minimum Gasteiger partial charge on any atom is -0.488 e. The highest BCUT2D eigenvalue weighted by Crippen LogP contribution is 2.31. The second kappa shape index (κ2) is 10.6. The average Bonchev–Trinajstić information content (AvgIpc) is 3.14. The van der Waals surface area contributed by atoms with Crippen molar-refractivity contribution in [3.05, 3.63) is 96.4 Å². The number of aryl methyl sites for hydroxylation is 1. The molecular formula is C25H18ClIN2O4S. The minimum absolute atomic E-state index is 0.205. The zero-order valence-electron chi connectivity index (χ0n) is 17.8. The molecular weight excluding hydrogens is 587 g/mol. The van der Waals surface area contributed by atoms with Gasteiger partial charge in [0.05, 0.1) is 19.7 Å². The molecule has 3 aromatic carbocycles. The zero-order chi connectivity index (χ0) is 24.2. The number of rotatable bonds is 6. The van der Waals surface area contributed by atoms with Crippen LogP contribution in [-0.2, 0) is 11.4 Å². The first kappa shape index (κ1) is 24.3. The number of thioether (sulfide) groups is 1. The fraction of sp³-hybridized carbons (Fsp3) is 0.0800. The van der Waals surface area contributed by atoms with Gasteiger partial charge in [-0.25, -0.2) is 9.79 Å². The molecule has 34 heavy (non-hydrogen) atoms. The van der Waals surface area contributed by atoms with Gasteiger partial charge in [0.2, 0.25) is 0 Å². The first-order valence-electron chi connectivity index (χ1n) is 10.1. The lowest BCUT2D eigenvalue weighted by Crippen LogP contribution is -2.19. The molecule has 0 bridgehead atoms. The molecule has 4 rings (SSSR count). The molecule has 0 radical (unpaired) electrons. The van der Waals surface area contributed by atoms with E-state index in [1.165, 1.54) is 11.8 Å². The lowest BCUT2D eigenvalue weighted by atomic mass is 10.1. The van der Waals surface area contributed by atoms with E-state index in [0.29, 0.717) is 33.1 Å². The number of amidine groups is 1. The molecule has 1 aliphatic rings. The molecule has 0 atom stereocenters. The number of aliphatic imine (C=N–C) groups is 1. The van der Waals surface area contributed by atoms with Crippen LogP contribution in [-0.4, -0.2) is 22.2 Å². The van der Waals surface area contributed by atoms with Crippen LogP contribution < -0.4 is 10.1 Å². The molecule has 0 saturated carbocycles. The van der Waals surface area contributed by atoms with Crippen molar-refractivity contribution in [2.24, 2.45) is 4.99 Å². The number of hydrogen-bond donors (Lipinski definition) is 2. The van der Waals surface area contributed by atoms with E-state index in [1.807, 2.05) is 37.3 Å². The molecule has 0 aromatic heterocycles.